The molecule has 2 aliphatic heterocycles. The van der Waals surface area contributed by atoms with Crippen LogP contribution < -0.4 is 15.1 Å². The van der Waals surface area contributed by atoms with Gasteiger partial charge in [-0.15, -0.1) is 24.0 Å². The van der Waals surface area contributed by atoms with Crippen molar-refractivity contribution in [1.29, 1.82) is 0 Å². The van der Waals surface area contributed by atoms with Gasteiger partial charge in [0.05, 0.1) is 19.8 Å². The maximum atomic E-state index is 5.51. The third kappa shape index (κ3) is 6.19. The molecule has 2 saturated heterocycles. The fourth-order valence-corrected chi connectivity index (χ4v) is 3.92. The van der Waals surface area contributed by atoms with Crippen molar-refractivity contribution >= 4 is 41.6 Å². The number of halogens is 1. The quantitative estimate of drug-likeness (QED) is 0.357. The largest absolute Gasteiger partial charge is 0.378 e. The first-order valence-corrected chi connectivity index (χ1v) is 10.8. The summed E-state index contributed by atoms with van der Waals surface area (Å²) in [5.74, 6) is 1.78. The monoisotopic (exact) mass is 537 g/mol. The van der Waals surface area contributed by atoms with Gasteiger partial charge in [0.15, 0.2) is 5.96 Å². The van der Waals surface area contributed by atoms with Gasteiger partial charge in [-0.25, -0.2) is 15.0 Å². The Labute approximate surface area is 201 Å². The molecule has 0 atom stereocenters. The number of hydrogen-bond acceptors (Lipinski definition) is 6. The summed E-state index contributed by atoms with van der Waals surface area (Å²) < 4.78 is 5.51. The predicted molar refractivity (Wildman–Crippen MR) is 136 cm³/mol. The molecule has 168 valence electrons. The molecule has 1 aromatic carbocycles. The molecule has 1 aromatic heterocycles. The Bertz CT molecular complexity index is 822. The summed E-state index contributed by atoms with van der Waals surface area (Å²) in [7, 11) is 0. The van der Waals surface area contributed by atoms with Gasteiger partial charge in [-0.05, 0) is 24.6 Å². The highest BCUT2D eigenvalue weighted by molar-refractivity contribution is 14.0. The van der Waals surface area contributed by atoms with Crippen LogP contribution in [0.15, 0.2) is 47.7 Å². The number of para-hydroxylation sites is 1. The van der Waals surface area contributed by atoms with Crippen LogP contribution in [0, 0.1) is 0 Å². The van der Waals surface area contributed by atoms with Crippen LogP contribution in [0.5, 0.6) is 0 Å². The Hall–Kier alpha value is -2.14. The standard InChI is InChI=1S/C22H31N7O.HI/c1-2-23-21(28-10-12-29(13-11-28)22-24-8-5-9-25-22)26-18-19-6-3-4-7-20(19)27-14-16-30-17-15-27;/h3-9H,2,10-18H2,1H3,(H,23,26);1H. The van der Waals surface area contributed by atoms with Crippen molar-refractivity contribution in [2.45, 2.75) is 13.5 Å². The van der Waals surface area contributed by atoms with E-state index in [0.717, 1.165) is 70.9 Å². The lowest BCUT2D eigenvalue weighted by Gasteiger charge is -2.36. The number of guanidine groups is 1. The lowest BCUT2D eigenvalue weighted by Crippen LogP contribution is -2.53. The molecule has 2 aliphatic rings. The minimum absolute atomic E-state index is 0. The molecular formula is C22H32IN7O. The lowest BCUT2D eigenvalue weighted by atomic mass is 10.1. The maximum absolute atomic E-state index is 5.51. The number of nitrogens with zero attached hydrogens (tertiary/aromatic N) is 6. The van der Waals surface area contributed by atoms with Crippen LogP contribution >= 0.6 is 24.0 Å². The zero-order chi connectivity index (χ0) is 20.6. The van der Waals surface area contributed by atoms with Gasteiger partial charge in [-0.1, -0.05) is 18.2 Å². The number of nitrogens with one attached hydrogen (secondary N) is 1. The number of piperazine rings is 1. The van der Waals surface area contributed by atoms with Crippen molar-refractivity contribution in [3.63, 3.8) is 0 Å². The van der Waals surface area contributed by atoms with Gasteiger partial charge in [0.1, 0.15) is 0 Å². The van der Waals surface area contributed by atoms with Crippen LogP contribution in [-0.4, -0.2) is 79.9 Å². The van der Waals surface area contributed by atoms with Gasteiger partial charge < -0.3 is 24.8 Å². The molecule has 0 saturated carbocycles. The normalized spacial score (nSPS) is 17.3. The van der Waals surface area contributed by atoms with E-state index in [9.17, 15) is 0 Å². The molecule has 0 aliphatic carbocycles. The van der Waals surface area contributed by atoms with E-state index in [1.54, 1.807) is 12.4 Å². The van der Waals surface area contributed by atoms with Crippen LogP contribution in [-0.2, 0) is 11.3 Å². The van der Waals surface area contributed by atoms with Crippen molar-refractivity contribution in [1.82, 2.24) is 20.2 Å². The van der Waals surface area contributed by atoms with E-state index >= 15 is 0 Å². The third-order valence-corrected chi connectivity index (χ3v) is 5.49. The minimum Gasteiger partial charge on any atom is -0.378 e. The molecule has 2 fully saturated rings. The third-order valence-electron chi connectivity index (χ3n) is 5.49. The molecule has 0 bridgehead atoms. The van der Waals surface area contributed by atoms with Gasteiger partial charge in [0, 0.05) is 63.9 Å². The molecule has 0 amide bonds. The number of aromatic nitrogens is 2. The number of morpholine rings is 1. The van der Waals surface area contributed by atoms with Gasteiger partial charge in [0.2, 0.25) is 5.95 Å². The molecule has 8 nitrogen and oxygen atoms in total. The Morgan fingerprint density at radius 2 is 1.68 bits per heavy atom. The molecule has 9 heteroatoms. The van der Waals surface area contributed by atoms with E-state index in [1.807, 2.05) is 6.07 Å². The number of aliphatic imine (C=N–C) groups is 1. The molecular weight excluding hydrogens is 505 g/mol. The average molecular weight is 537 g/mol. The van der Waals surface area contributed by atoms with Crippen LogP contribution in [0.4, 0.5) is 11.6 Å². The molecule has 1 N–H and O–H groups in total. The molecule has 0 spiro atoms. The van der Waals surface area contributed by atoms with E-state index in [1.165, 1.54) is 11.3 Å². The highest BCUT2D eigenvalue weighted by Crippen LogP contribution is 2.22. The smallest absolute Gasteiger partial charge is 0.225 e. The predicted octanol–water partition coefficient (Wildman–Crippen LogP) is 2.22. The van der Waals surface area contributed by atoms with Crippen molar-refractivity contribution in [3.8, 4) is 0 Å². The first-order valence-electron chi connectivity index (χ1n) is 10.8. The SMILES string of the molecule is CCNC(=NCc1ccccc1N1CCOCC1)N1CCN(c2ncccn2)CC1.I. The molecule has 4 rings (SSSR count). The van der Waals surface area contributed by atoms with Crippen molar-refractivity contribution < 1.29 is 4.74 Å². The zero-order valence-electron chi connectivity index (χ0n) is 18.1. The van der Waals surface area contributed by atoms with E-state index in [-0.39, 0.29) is 24.0 Å². The zero-order valence-corrected chi connectivity index (χ0v) is 20.4. The fraction of sp³-hybridized carbons (Fsp3) is 0.500. The number of rotatable bonds is 5. The maximum Gasteiger partial charge on any atom is 0.225 e. The topological polar surface area (TPSA) is 69.1 Å². The second-order valence-electron chi connectivity index (χ2n) is 7.42. The molecule has 31 heavy (non-hydrogen) atoms. The summed E-state index contributed by atoms with van der Waals surface area (Å²) in [4.78, 5) is 20.7. The summed E-state index contributed by atoms with van der Waals surface area (Å²) in [5, 5.41) is 3.47. The Morgan fingerprint density at radius 1 is 0.968 bits per heavy atom. The van der Waals surface area contributed by atoms with E-state index in [4.69, 9.17) is 9.73 Å². The summed E-state index contributed by atoms with van der Waals surface area (Å²) in [6.45, 7) is 10.6. The van der Waals surface area contributed by atoms with Crippen LogP contribution in [0.3, 0.4) is 0 Å². The fourth-order valence-electron chi connectivity index (χ4n) is 3.92. The lowest BCUT2D eigenvalue weighted by molar-refractivity contribution is 0.122. The summed E-state index contributed by atoms with van der Waals surface area (Å²) >= 11 is 0. The number of ether oxygens (including phenoxy) is 1. The average Bonchev–Trinajstić information content (AvgIpc) is 2.83. The van der Waals surface area contributed by atoms with E-state index in [0.29, 0.717) is 6.54 Å². The second-order valence-corrected chi connectivity index (χ2v) is 7.42. The van der Waals surface area contributed by atoms with E-state index in [2.05, 4.69) is 61.2 Å². The summed E-state index contributed by atoms with van der Waals surface area (Å²) in [6, 6.07) is 10.4. The molecule has 3 heterocycles. The Morgan fingerprint density at radius 3 is 2.39 bits per heavy atom. The van der Waals surface area contributed by atoms with Crippen LogP contribution in [0.1, 0.15) is 12.5 Å². The minimum atomic E-state index is 0. The Kier molecular flexibility index (Phi) is 9.13. The van der Waals surface area contributed by atoms with Crippen LogP contribution in [0.2, 0.25) is 0 Å². The van der Waals surface area contributed by atoms with Crippen molar-refractivity contribution in [2.24, 2.45) is 4.99 Å². The first-order chi connectivity index (χ1) is 14.8. The molecule has 0 unspecified atom stereocenters. The van der Waals surface area contributed by atoms with Gasteiger partial charge >= 0.3 is 0 Å². The number of benzene rings is 1. The van der Waals surface area contributed by atoms with Crippen molar-refractivity contribution in [2.75, 3.05) is 68.8 Å². The summed E-state index contributed by atoms with van der Waals surface area (Å²) in [6.07, 6.45) is 3.60. The molecule has 0 radical (unpaired) electrons. The van der Waals surface area contributed by atoms with E-state index < -0.39 is 0 Å². The first kappa shape index (κ1) is 23.5. The second kappa shape index (κ2) is 12.0. The van der Waals surface area contributed by atoms with Gasteiger partial charge in [0.25, 0.3) is 0 Å². The highest BCUT2D eigenvalue weighted by Gasteiger charge is 2.21. The summed E-state index contributed by atoms with van der Waals surface area (Å²) in [5.41, 5.74) is 2.53. The number of anilines is 2. The van der Waals surface area contributed by atoms with Crippen LogP contribution in [0.25, 0.3) is 0 Å². The molecule has 2 aromatic rings. The Balaban J connectivity index is 0.00000272. The number of hydrogen-bond donors (Lipinski definition) is 1. The van der Waals surface area contributed by atoms with Gasteiger partial charge in [-0.3, -0.25) is 0 Å². The van der Waals surface area contributed by atoms with Gasteiger partial charge in [-0.2, -0.15) is 0 Å². The van der Waals surface area contributed by atoms with Crippen molar-refractivity contribution in [3.05, 3.63) is 48.3 Å². The highest BCUT2D eigenvalue weighted by atomic mass is 127.